The van der Waals surface area contributed by atoms with Gasteiger partial charge in [0.1, 0.15) is 0 Å². The maximum Gasteiger partial charge on any atom is 0.266 e. The summed E-state index contributed by atoms with van der Waals surface area (Å²) in [6, 6.07) is 11.4. The molecule has 1 atom stereocenters. The van der Waals surface area contributed by atoms with Gasteiger partial charge in [-0.05, 0) is 18.6 Å². The lowest BCUT2D eigenvalue weighted by Gasteiger charge is -2.34. The van der Waals surface area contributed by atoms with Gasteiger partial charge in [0.25, 0.3) is 5.56 Å². The van der Waals surface area contributed by atoms with Gasteiger partial charge < -0.3 is 10.2 Å². The van der Waals surface area contributed by atoms with Gasteiger partial charge in [0.05, 0.1) is 12.2 Å². The smallest absolute Gasteiger partial charge is 0.266 e. The molecule has 1 aliphatic rings. The maximum atomic E-state index is 12.0. The first-order valence-corrected chi connectivity index (χ1v) is 7.68. The van der Waals surface area contributed by atoms with Crippen LogP contribution in [0.5, 0.6) is 0 Å². The zero-order chi connectivity index (χ0) is 16.4. The molecule has 2 aromatic rings. The molecule has 0 saturated carbocycles. The number of rotatable bonds is 3. The second-order valence-electron chi connectivity index (χ2n) is 5.88. The third-order valence-corrected chi connectivity index (χ3v) is 4.13. The first kappa shape index (κ1) is 15.4. The van der Waals surface area contributed by atoms with E-state index < -0.39 is 0 Å². The number of aromatic nitrogens is 2. The van der Waals surface area contributed by atoms with Crippen LogP contribution in [0.4, 0.5) is 0 Å². The molecule has 0 spiro atoms. The number of carbonyl (C=O) groups excluding carboxylic acids is 1. The number of carbonyl (C=O) groups is 1. The molecule has 3 rings (SSSR count). The summed E-state index contributed by atoms with van der Waals surface area (Å²) in [5.41, 5.74) is 2.66. The fraction of sp³-hybridized carbons (Fsp3) is 0.353. The Bertz CT molecular complexity index is 767. The Morgan fingerprint density at radius 1 is 1.17 bits per heavy atom. The zero-order valence-corrected chi connectivity index (χ0v) is 13.3. The number of amides is 1. The molecular formula is C17H20N4O2. The van der Waals surface area contributed by atoms with E-state index in [4.69, 9.17) is 0 Å². The second-order valence-corrected chi connectivity index (χ2v) is 5.88. The summed E-state index contributed by atoms with van der Waals surface area (Å²) in [6.07, 6.45) is 0. The van der Waals surface area contributed by atoms with E-state index in [0.29, 0.717) is 13.1 Å². The highest BCUT2D eigenvalue weighted by Gasteiger charge is 2.24. The van der Waals surface area contributed by atoms with Crippen LogP contribution in [0.2, 0.25) is 0 Å². The van der Waals surface area contributed by atoms with Gasteiger partial charge in [-0.1, -0.05) is 24.3 Å². The van der Waals surface area contributed by atoms with Gasteiger partial charge in [0.15, 0.2) is 0 Å². The quantitative estimate of drug-likeness (QED) is 0.909. The van der Waals surface area contributed by atoms with Crippen molar-refractivity contribution in [2.45, 2.75) is 19.5 Å². The van der Waals surface area contributed by atoms with Crippen molar-refractivity contribution in [1.29, 1.82) is 0 Å². The van der Waals surface area contributed by atoms with Gasteiger partial charge in [0, 0.05) is 37.8 Å². The summed E-state index contributed by atoms with van der Waals surface area (Å²) in [5.74, 6) is 0.132. The first-order valence-electron chi connectivity index (χ1n) is 7.68. The maximum absolute atomic E-state index is 12.0. The topological polar surface area (TPSA) is 67.2 Å². The molecule has 23 heavy (non-hydrogen) atoms. The number of hydrogen-bond acceptors (Lipinski definition) is 4. The fourth-order valence-corrected chi connectivity index (χ4v) is 2.72. The van der Waals surface area contributed by atoms with Crippen LogP contribution in [0.25, 0.3) is 11.3 Å². The van der Waals surface area contributed by atoms with Crippen LogP contribution >= 0.6 is 0 Å². The minimum Gasteiger partial charge on any atom is -0.333 e. The van der Waals surface area contributed by atoms with Crippen molar-refractivity contribution in [1.82, 2.24) is 20.0 Å². The molecule has 6 heteroatoms. The van der Waals surface area contributed by atoms with Crippen molar-refractivity contribution < 1.29 is 4.79 Å². The molecular weight excluding hydrogens is 292 g/mol. The molecule has 0 bridgehead atoms. The summed E-state index contributed by atoms with van der Waals surface area (Å²) in [7, 11) is 1.64. The summed E-state index contributed by atoms with van der Waals surface area (Å²) in [6.45, 7) is 3.89. The average Bonchev–Trinajstić information content (AvgIpc) is 2.54. The van der Waals surface area contributed by atoms with Gasteiger partial charge in [0.2, 0.25) is 5.91 Å². The molecule has 1 N–H and O–H groups in total. The van der Waals surface area contributed by atoms with Crippen LogP contribution in [0.15, 0.2) is 41.2 Å². The van der Waals surface area contributed by atoms with Crippen LogP contribution in [0.1, 0.15) is 12.5 Å². The lowest BCUT2D eigenvalue weighted by Crippen LogP contribution is -2.52. The summed E-state index contributed by atoms with van der Waals surface area (Å²) in [4.78, 5) is 25.3. The Morgan fingerprint density at radius 3 is 2.57 bits per heavy atom. The summed E-state index contributed by atoms with van der Waals surface area (Å²) >= 11 is 0. The van der Waals surface area contributed by atoms with Crippen molar-refractivity contribution >= 4 is 5.91 Å². The molecule has 120 valence electrons. The highest BCUT2D eigenvalue weighted by Crippen LogP contribution is 2.18. The number of nitrogens with zero attached hydrogens (tertiary/aromatic N) is 3. The van der Waals surface area contributed by atoms with Crippen LogP contribution in [0.3, 0.4) is 0 Å². The molecule has 6 nitrogen and oxygen atoms in total. The lowest BCUT2D eigenvalue weighted by molar-refractivity contribution is -0.135. The first-order chi connectivity index (χ1) is 11.0. The monoisotopic (exact) mass is 312 g/mol. The fourth-order valence-electron chi connectivity index (χ4n) is 2.72. The number of hydrogen-bond donors (Lipinski definition) is 1. The van der Waals surface area contributed by atoms with Crippen molar-refractivity contribution in [3.63, 3.8) is 0 Å². The summed E-state index contributed by atoms with van der Waals surface area (Å²) in [5, 5.41) is 7.36. The van der Waals surface area contributed by atoms with Crippen LogP contribution in [0, 0.1) is 0 Å². The number of piperazine rings is 1. The Morgan fingerprint density at radius 2 is 1.91 bits per heavy atom. The van der Waals surface area contributed by atoms with E-state index in [1.165, 1.54) is 10.7 Å². The SMILES string of the molecule is C[C@H]1CNCC(=O)N1Cc1ccc(-c2ccc(=O)n(C)n2)cc1. The molecule has 1 amide bonds. The molecule has 0 unspecified atom stereocenters. The van der Waals surface area contributed by atoms with E-state index in [2.05, 4.69) is 10.4 Å². The van der Waals surface area contributed by atoms with Gasteiger partial charge in [-0.25, -0.2) is 4.68 Å². The Hall–Kier alpha value is -2.47. The minimum atomic E-state index is -0.128. The van der Waals surface area contributed by atoms with E-state index in [1.54, 1.807) is 13.1 Å². The largest absolute Gasteiger partial charge is 0.333 e. The van der Waals surface area contributed by atoms with Crippen molar-refractivity contribution in [2.75, 3.05) is 13.1 Å². The third kappa shape index (κ3) is 3.32. The summed E-state index contributed by atoms with van der Waals surface area (Å²) < 4.78 is 1.32. The van der Waals surface area contributed by atoms with Gasteiger partial charge in [-0.3, -0.25) is 9.59 Å². The number of aryl methyl sites for hydroxylation is 1. The minimum absolute atomic E-state index is 0.128. The van der Waals surface area contributed by atoms with Crippen LogP contribution < -0.4 is 10.9 Å². The number of nitrogens with one attached hydrogen (secondary N) is 1. The van der Waals surface area contributed by atoms with E-state index in [1.807, 2.05) is 36.1 Å². The Labute approximate surface area is 134 Å². The standard InChI is InChI=1S/C17H20N4O2/c1-12-9-18-10-17(23)21(12)11-13-3-5-14(6-4-13)15-7-8-16(22)20(2)19-15/h3-8,12,18H,9-11H2,1-2H3/t12-/m0/s1. The number of benzene rings is 1. The predicted octanol–water partition coefficient (Wildman–Crippen LogP) is 0.768. The highest BCUT2D eigenvalue weighted by molar-refractivity contribution is 5.79. The predicted molar refractivity (Wildman–Crippen MR) is 87.8 cm³/mol. The highest BCUT2D eigenvalue weighted by atomic mass is 16.2. The van der Waals surface area contributed by atoms with E-state index >= 15 is 0 Å². The van der Waals surface area contributed by atoms with E-state index in [9.17, 15) is 9.59 Å². The van der Waals surface area contributed by atoms with Gasteiger partial charge >= 0.3 is 0 Å². The molecule has 0 aliphatic carbocycles. The van der Waals surface area contributed by atoms with E-state index in [0.717, 1.165) is 23.4 Å². The molecule has 0 radical (unpaired) electrons. The van der Waals surface area contributed by atoms with Crippen LogP contribution in [-0.2, 0) is 18.4 Å². The molecule has 1 fully saturated rings. The molecule has 1 aromatic heterocycles. The van der Waals surface area contributed by atoms with Crippen LogP contribution in [-0.4, -0.2) is 39.7 Å². The molecule has 1 aliphatic heterocycles. The average molecular weight is 312 g/mol. The second kappa shape index (κ2) is 6.34. The Kier molecular flexibility index (Phi) is 4.25. The van der Waals surface area contributed by atoms with E-state index in [-0.39, 0.29) is 17.5 Å². The molecule has 2 heterocycles. The molecule has 1 aromatic carbocycles. The van der Waals surface area contributed by atoms with Crippen molar-refractivity contribution in [3.05, 3.63) is 52.3 Å². The zero-order valence-electron chi connectivity index (χ0n) is 13.3. The van der Waals surface area contributed by atoms with Crippen molar-refractivity contribution in [3.8, 4) is 11.3 Å². The third-order valence-electron chi connectivity index (χ3n) is 4.13. The van der Waals surface area contributed by atoms with Gasteiger partial charge in [-0.15, -0.1) is 0 Å². The van der Waals surface area contributed by atoms with Crippen molar-refractivity contribution in [2.24, 2.45) is 7.05 Å². The molecule has 1 saturated heterocycles. The normalized spacial score (nSPS) is 18.3. The van der Waals surface area contributed by atoms with Gasteiger partial charge in [-0.2, -0.15) is 5.10 Å². The Balaban J connectivity index is 1.77. The lowest BCUT2D eigenvalue weighted by atomic mass is 10.1.